The fraction of sp³-hybridized carbons (Fsp3) is 0.632. The van der Waals surface area contributed by atoms with Crippen LogP contribution >= 0.6 is 0 Å². The van der Waals surface area contributed by atoms with Crippen molar-refractivity contribution in [3.8, 4) is 0 Å². The van der Waals surface area contributed by atoms with Crippen LogP contribution in [0.4, 0.5) is 0 Å². The number of aryl methyl sites for hydroxylation is 1. The molecule has 1 aromatic rings. The number of aromatic amines is 1. The molecular weight excluding hydrogens is 336 g/mol. The number of rotatable bonds is 5. The van der Waals surface area contributed by atoms with Gasteiger partial charge < -0.3 is 19.8 Å². The fourth-order valence-corrected chi connectivity index (χ4v) is 3.47. The highest BCUT2D eigenvalue weighted by Crippen LogP contribution is 2.24. The van der Waals surface area contributed by atoms with Crippen molar-refractivity contribution in [2.24, 2.45) is 5.92 Å². The Morgan fingerprint density at radius 1 is 1.15 bits per heavy atom. The summed E-state index contributed by atoms with van der Waals surface area (Å²) in [5.74, 6) is -1.06. The number of carbonyl (C=O) groups is 3. The third-order valence-corrected chi connectivity index (χ3v) is 5.12. The summed E-state index contributed by atoms with van der Waals surface area (Å²) in [6, 6.07) is 0.123. The van der Waals surface area contributed by atoms with E-state index in [9.17, 15) is 14.4 Å². The maximum Gasteiger partial charge on any atom is 0.355 e. The van der Waals surface area contributed by atoms with Gasteiger partial charge in [0.2, 0.25) is 0 Å². The summed E-state index contributed by atoms with van der Waals surface area (Å²) in [6.07, 6.45) is 3.41. The van der Waals surface area contributed by atoms with Crippen LogP contribution in [0.5, 0.6) is 0 Å². The van der Waals surface area contributed by atoms with Gasteiger partial charge >= 0.3 is 11.9 Å². The monoisotopic (exact) mass is 364 g/mol. The maximum absolute atomic E-state index is 12.4. The maximum atomic E-state index is 12.4. The summed E-state index contributed by atoms with van der Waals surface area (Å²) >= 11 is 0. The van der Waals surface area contributed by atoms with Gasteiger partial charge in [-0.1, -0.05) is 19.8 Å². The van der Waals surface area contributed by atoms with E-state index in [1.807, 2.05) is 0 Å². The Bertz CT molecular complexity index is 694. The molecule has 7 nitrogen and oxygen atoms in total. The molecule has 144 valence electrons. The largest absolute Gasteiger partial charge is 0.465 e. The zero-order chi connectivity index (χ0) is 19.4. The number of H-pyrrole nitrogens is 1. The standard InChI is InChI=1S/C19H28N2O5/c1-10-8-6-7-9-14(10)21-17(22)13(4)26-19(24)16-11(2)15(12(3)20-16)18(23)25-5/h10,13-14,20H,6-9H2,1-5H3,(H,21,22)/t10-,13+,14+/m0/s1. The van der Waals surface area contributed by atoms with Gasteiger partial charge in [-0.25, -0.2) is 9.59 Å². The van der Waals surface area contributed by atoms with Crippen LogP contribution in [0, 0.1) is 19.8 Å². The second kappa shape index (κ2) is 8.38. The minimum atomic E-state index is -0.916. The van der Waals surface area contributed by atoms with Crippen LogP contribution in [-0.2, 0) is 14.3 Å². The lowest BCUT2D eigenvalue weighted by Crippen LogP contribution is -2.46. The molecule has 0 bridgehead atoms. The van der Waals surface area contributed by atoms with E-state index >= 15 is 0 Å². The number of nitrogens with one attached hydrogen (secondary N) is 2. The van der Waals surface area contributed by atoms with Crippen LogP contribution in [0.2, 0.25) is 0 Å². The molecule has 0 unspecified atom stereocenters. The van der Waals surface area contributed by atoms with Crippen molar-refractivity contribution in [3.05, 3.63) is 22.5 Å². The summed E-state index contributed by atoms with van der Waals surface area (Å²) in [6.45, 7) is 6.99. The van der Waals surface area contributed by atoms with Gasteiger partial charge in [0.15, 0.2) is 6.10 Å². The molecule has 1 saturated carbocycles. The topological polar surface area (TPSA) is 97.5 Å². The summed E-state index contributed by atoms with van der Waals surface area (Å²) in [5.41, 5.74) is 1.45. The van der Waals surface area contributed by atoms with E-state index in [0.29, 0.717) is 22.7 Å². The number of aromatic nitrogens is 1. The second-order valence-corrected chi connectivity index (χ2v) is 7.04. The normalized spacial score (nSPS) is 21.0. The fourth-order valence-electron chi connectivity index (χ4n) is 3.47. The molecule has 0 saturated heterocycles. The Morgan fingerprint density at radius 3 is 2.42 bits per heavy atom. The molecule has 1 aliphatic carbocycles. The van der Waals surface area contributed by atoms with E-state index < -0.39 is 18.0 Å². The van der Waals surface area contributed by atoms with E-state index in [1.165, 1.54) is 13.5 Å². The van der Waals surface area contributed by atoms with E-state index in [-0.39, 0.29) is 17.6 Å². The molecule has 1 amide bonds. The van der Waals surface area contributed by atoms with E-state index in [0.717, 1.165) is 19.3 Å². The summed E-state index contributed by atoms with van der Waals surface area (Å²) in [5, 5.41) is 2.98. The van der Waals surface area contributed by atoms with Crippen LogP contribution in [-0.4, -0.2) is 42.1 Å². The van der Waals surface area contributed by atoms with Crippen LogP contribution in [0.3, 0.4) is 0 Å². The zero-order valence-electron chi connectivity index (χ0n) is 16.1. The highest BCUT2D eigenvalue weighted by atomic mass is 16.5. The van der Waals surface area contributed by atoms with Gasteiger partial charge in [0.05, 0.1) is 12.7 Å². The molecule has 1 fully saturated rings. The Kier molecular flexibility index (Phi) is 6.45. The van der Waals surface area contributed by atoms with Gasteiger partial charge in [-0.3, -0.25) is 4.79 Å². The van der Waals surface area contributed by atoms with Gasteiger partial charge in [0, 0.05) is 11.7 Å². The number of amides is 1. The molecule has 0 aliphatic heterocycles. The van der Waals surface area contributed by atoms with Crippen molar-refractivity contribution < 1.29 is 23.9 Å². The Hall–Kier alpha value is -2.31. The number of hydrogen-bond donors (Lipinski definition) is 2. The van der Waals surface area contributed by atoms with Crippen LogP contribution < -0.4 is 5.32 Å². The molecule has 1 aromatic heterocycles. The predicted octanol–water partition coefficient (Wildman–Crippen LogP) is 2.66. The molecule has 2 rings (SSSR count). The minimum absolute atomic E-state index is 0.123. The third kappa shape index (κ3) is 4.26. The van der Waals surface area contributed by atoms with Gasteiger partial charge in [-0.2, -0.15) is 0 Å². The zero-order valence-corrected chi connectivity index (χ0v) is 16.1. The van der Waals surface area contributed by atoms with E-state index in [2.05, 4.69) is 17.2 Å². The molecule has 1 heterocycles. The SMILES string of the molecule is COC(=O)c1c(C)[nH]c(C(=O)O[C@H](C)C(=O)N[C@@H]2CCCC[C@@H]2C)c1C. The van der Waals surface area contributed by atoms with Gasteiger partial charge in [-0.05, 0) is 45.1 Å². The number of esters is 2. The van der Waals surface area contributed by atoms with Crippen molar-refractivity contribution in [2.45, 2.75) is 65.5 Å². The van der Waals surface area contributed by atoms with Gasteiger partial charge in [-0.15, -0.1) is 0 Å². The first-order valence-corrected chi connectivity index (χ1v) is 9.05. The van der Waals surface area contributed by atoms with Crippen LogP contribution in [0.1, 0.15) is 71.6 Å². The molecule has 0 aromatic carbocycles. The summed E-state index contributed by atoms with van der Waals surface area (Å²) in [7, 11) is 1.28. The van der Waals surface area contributed by atoms with Gasteiger partial charge in [0.1, 0.15) is 5.69 Å². The number of carbonyl (C=O) groups excluding carboxylic acids is 3. The Morgan fingerprint density at radius 2 is 1.81 bits per heavy atom. The van der Waals surface area contributed by atoms with Crippen LogP contribution in [0.15, 0.2) is 0 Å². The second-order valence-electron chi connectivity index (χ2n) is 7.04. The number of hydrogen-bond acceptors (Lipinski definition) is 5. The van der Waals surface area contributed by atoms with E-state index in [1.54, 1.807) is 20.8 Å². The van der Waals surface area contributed by atoms with Crippen LogP contribution in [0.25, 0.3) is 0 Å². The van der Waals surface area contributed by atoms with Gasteiger partial charge in [0.25, 0.3) is 5.91 Å². The molecule has 26 heavy (non-hydrogen) atoms. The lowest BCUT2D eigenvalue weighted by atomic mass is 9.86. The van der Waals surface area contributed by atoms with E-state index in [4.69, 9.17) is 9.47 Å². The lowest BCUT2D eigenvalue weighted by Gasteiger charge is -2.30. The molecule has 7 heteroatoms. The van der Waals surface area contributed by atoms with Crippen molar-refractivity contribution in [1.82, 2.24) is 10.3 Å². The highest BCUT2D eigenvalue weighted by Gasteiger charge is 2.28. The quantitative estimate of drug-likeness (QED) is 0.783. The lowest BCUT2D eigenvalue weighted by molar-refractivity contribution is -0.130. The first-order valence-electron chi connectivity index (χ1n) is 9.05. The molecule has 2 N–H and O–H groups in total. The van der Waals surface area contributed by atoms with Crippen molar-refractivity contribution in [3.63, 3.8) is 0 Å². The smallest absolute Gasteiger partial charge is 0.355 e. The predicted molar refractivity (Wildman–Crippen MR) is 96.0 cm³/mol. The summed E-state index contributed by atoms with van der Waals surface area (Å²) < 4.78 is 10.0. The average molecular weight is 364 g/mol. The third-order valence-electron chi connectivity index (χ3n) is 5.12. The number of methoxy groups -OCH3 is 1. The molecule has 3 atom stereocenters. The average Bonchev–Trinajstić information content (AvgIpc) is 2.90. The van der Waals surface area contributed by atoms with Crippen molar-refractivity contribution in [2.75, 3.05) is 7.11 Å². The summed E-state index contributed by atoms with van der Waals surface area (Å²) in [4.78, 5) is 39.5. The molecular formula is C19H28N2O5. The first kappa shape index (κ1) is 20.0. The highest BCUT2D eigenvalue weighted by molar-refractivity contribution is 5.99. The molecule has 1 aliphatic rings. The van der Waals surface area contributed by atoms with Crippen molar-refractivity contribution >= 4 is 17.8 Å². The Labute approximate surface area is 153 Å². The molecule has 0 spiro atoms. The van der Waals surface area contributed by atoms with Crippen molar-refractivity contribution in [1.29, 1.82) is 0 Å². The Balaban J connectivity index is 2.02. The minimum Gasteiger partial charge on any atom is -0.465 e. The first-order chi connectivity index (χ1) is 12.3. The number of ether oxygens (including phenoxy) is 2. The molecule has 0 radical (unpaired) electrons.